The second-order valence-corrected chi connectivity index (χ2v) is 7.50. The van der Waals surface area contributed by atoms with Gasteiger partial charge in [0, 0.05) is 30.7 Å². The summed E-state index contributed by atoms with van der Waals surface area (Å²) in [6.07, 6.45) is -18.2. The molecule has 2 rings (SSSR count). The topological polar surface area (TPSA) is 84.6 Å². The van der Waals surface area contributed by atoms with E-state index >= 15 is 0 Å². The van der Waals surface area contributed by atoms with E-state index in [-0.39, 0.29) is 5.69 Å². The second-order valence-electron chi connectivity index (χ2n) is 6.69. The van der Waals surface area contributed by atoms with Gasteiger partial charge in [0.05, 0.1) is 26.8 Å². The van der Waals surface area contributed by atoms with Gasteiger partial charge in [-0.3, -0.25) is 10.1 Å². The molecular weight excluding hydrogens is 531 g/mol. The van der Waals surface area contributed by atoms with Crippen molar-refractivity contribution >= 4 is 34.6 Å². The van der Waals surface area contributed by atoms with Gasteiger partial charge in [-0.25, -0.2) is 8.78 Å². The van der Waals surface area contributed by atoms with E-state index in [1.54, 1.807) is 0 Å². The van der Waals surface area contributed by atoms with Crippen LogP contribution in [0.15, 0.2) is 24.3 Å². The molecule has 0 radical (unpaired) electrons. The van der Waals surface area contributed by atoms with Gasteiger partial charge >= 0.3 is 18.0 Å². The van der Waals surface area contributed by atoms with Gasteiger partial charge in [0.1, 0.15) is 11.6 Å². The van der Waals surface area contributed by atoms with Crippen molar-refractivity contribution in [3.05, 3.63) is 61.6 Å². The second kappa shape index (κ2) is 10.4. The summed E-state index contributed by atoms with van der Waals surface area (Å²) in [4.78, 5) is 9.67. The summed E-state index contributed by atoms with van der Waals surface area (Å²) >= 11 is 11.5. The van der Waals surface area contributed by atoms with E-state index in [0.717, 1.165) is 6.07 Å². The van der Waals surface area contributed by atoms with Gasteiger partial charge in [-0.15, -0.1) is 0 Å². The molecule has 0 aromatic heterocycles. The molecule has 2 aromatic rings. The highest BCUT2D eigenvalue weighted by Crippen LogP contribution is 2.41. The summed E-state index contributed by atoms with van der Waals surface area (Å²) in [5, 5.41) is 22.1. The minimum Gasteiger partial charge on any atom is -0.428 e. The minimum atomic E-state index is -5.92. The molecule has 0 saturated heterocycles. The molecule has 0 aliphatic carbocycles. The van der Waals surface area contributed by atoms with Crippen LogP contribution in [0.5, 0.6) is 5.75 Å². The van der Waals surface area contributed by atoms with E-state index in [1.165, 1.54) is 0 Å². The zero-order chi connectivity index (χ0) is 26.0. The van der Waals surface area contributed by atoms with Crippen molar-refractivity contribution in [2.45, 2.75) is 31.0 Å². The maximum atomic E-state index is 14.1. The molecule has 34 heavy (non-hydrogen) atoms. The number of halogens is 10. The third-order valence-corrected chi connectivity index (χ3v) is 4.79. The van der Waals surface area contributed by atoms with Gasteiger partial charge in [-0.2, -0.15) is 26.3 Å². The van der Waals surface area contributed by atoms with E-state index in [2.05, 4.69) is 10.1 Å². The first-order valence-electron chi connectivity index (χ1n) is 8.84. The molecule has 2 atom stereocenters. The van der Waals surface area contributed by atoms with Crippen molar-refractivity contribution in [2.24, 2.45) is 0 Å². The highest BCUT2D eigenvalue weighted by molar-refractivity contribution is 6.36. The van der Waals surface area contributed by atoms with Crippen molar-refractivity contribution in [1.29, 1.82) is 0 Å². The van der Waals surface area contributed by atoms with E-state index in [4.69, 9.17) is 23.2 Å². The van der Waals surface area contributed by atoms with Crippen LogP contribution in [0, 0.1) is 21.7 Å². The third-order valence-electron chi connectivity index (χ3n) is 4.18. The number of nitro groups is 1. The average Bonchev–Trinajstić information content (AvgIpc) is 2.70. The van der Waals surface area contributed by atoms with E-state index in [9.17, 15) is 50.3 Å². The van der Waals surface area contributed by atoms with Crippen LogP contribution in [0.1, 0.15) is 5.56 Å². The fraction of sp³-hybridized carbons (Fsp3) is 0.333. The van der Waals surface area contributed by atoms with Crippen molar-refractivity contribution in [3.63, 3.8) is 0 Å². The Kier molecular flexibility index (Phi) is 8.43. The van der Waals surface area contributed by atoms with Crippen molar-refractivity contribution < 1.29 is 49.9 Å². The average molecular weight is 543 g/mol. The lowest BCUT2D eigenvalue weighted by Gasteiger charge is -2.24. The molecule has 2 aromatic carbocycles. The lowest BCUT2D eigenvalue weighted by Crippen LogP contribution is -2.45. The number of anilines is 1. The largest absolute Gasteiger partial charge is 0.439 e. The standard InChI is InChI=1S/C18H12Cl2F8N2O4/c19-9-5-14(34-18(27,28)16(23)17(24,25)26)10(20)4-12(9)29-6-7(31)3-8-11(21)1-2-13(15(8)22)30(32)33/h1-2,4-5,7,16,29,31H,3,6H2. The van der Waals surface area contributed by atoms with Crippen molar-refractivity contribution in [3.8, 4) is 5.75 Å². The summed E-state index contributed by atoms with van der Waals surface area (Å²) in [5.41, 5.74) is -1.96. The quantitative estimate of drug-likeness (QED) is 0.228. The maximum absolute atomic E-state index is 14.1. The molecule has 16 heteroatoms. The Morgan fingerprint density at radius 3 is 2.29 bits per heavy atom. The zero-order valence-corrected chi connectivity index (χ0v) is 17.8. The SMILES string of the molecule is O=[N+]([O-])c1ccc(F)c(CC(O)CNc2cc(Cl)c(OC(F)(F)C(F)C(F)(F)F)cc2Cl)c1F. The molecule has 0 heterocycles. The molecule has 0 bridgehead atoms. The highest BCUT2D eigenvalue weighted by atomic mass is 35.5. The Morgan fingerprint density at radius 2 is 1.74 bits per heavy atom. The van der Waals surface area contributed by atoms with Crippen LogP contribution in [-0.2, 0) is 6.42 Å². The molecule has 0 aliphatic heterocycles. The maximum Gasteiger partial charge on any atom is 0.439 e. The fourth-order valence-electron chi connectivity index (χ4n) is 2.58. The molecule has 6 nitrogen and oxygen atoms in total. The van der Waals surface area contributed by atoms with Gasteiger partial charge in [-0.1, -0.05) is 23.2 Å². The molecule has 2 unspecified atom stereocenters. The van der Waals surface area contributed by atoms with Gasteiger partial charge in [0.25, 0.3) is 6.17 Å². The first kappa shape index (κ1) is 27.7. The Morgan fingerprint density at radius 1 is 1.12 bits per heavy atom. The molecular formula is C18H12Cl2F8N2O4. The van der Waals surface area contributed by atoms with Crippen LogP contribution < -0.4 is 10.1 Å². The van der Waals surface area contributed by atoms with Crippen LogP contribution in [0.3, 0.4) is 0 Å². The lowest BCUT2D eigenvalue weighted by atomic mass is 10.1. The Labute approximate surface area is 195 Å². The molecule has 0 fully saturated rings. The number of nitrogens with one attached hydrogen (secondary N) is 1. The highest BCUT2D eigenvalue weighted by Gasteiger charge is 2.59. The first-order chi connectivity index (χ1) is 15.5. The normalized spacial score (nSPS) is 14.0. The molecule has 0 amide bonds. The number of ether oxygens (including phenoxy) is 1. The summed E-state index contributed by atoms with van der Waals surface area (Å²) in [5.74, 6) is -3.73. The Hall–Kier alpha value is -2.58. The van der Waals surface area contributed by atoms with Crippen LogP contribution in [0.2, 0.25) is 10.0 Å². The lowest BCUT2D eigenvalue weighted by molar-refractivity contribution is -0.387. The number of aliphatic hydroxyl groups is 1. The summed E-state index contributed by atoms with van der Waals surface area (Å²) in [6.45, 7) is -0.491. The van der Waals surface area contributed by atoms with Crippen LogP contribution in [-0.4, -0.2) is 41.1 Å². The first-order valence-corrected chi connectivity index (χ1v) is 9.60. The van der Waals surface area contributed by atoms with E-state index in [0.29, 0.717) is 18.2 Å². The molecule has 0 spiro atoms. The number of hydrogen-bond donors (Lipinski definition) is 2. The van der Waals surface area contributed by atoms with Crippen LogP contribution in [0.25, 0.3) is 0 Å². The monoisotopic (exact) mass is 542 g/mol. The Balaban J connectivity index is 2.13. The van der Waals surface area contributed by atoms with Crippen molar-refractivity contribution in [2.75, 3.05) is 11.9 Å². The number of alkyl halides is 6. The molecule has 0 aliphatic rings. The van der Waals surface area contributed by atoms with Crippen LogP contribution >= 0.6 is 23.2 Å². The van der Waals surface area contributed by atoms with Gasteiger partial charge < -0.3 is 15.2 Å². The van der Waals surface area contributed by atoms with E-state index < -0.39 is 81.1 Å². The third kappa shape index (κ3) is 6.51. The fourth-order valence-corrected chi connectivity index (χ4v) is 3.00. The van der Waals surface area contributed by atoms with Gasteiger partial charge in [0.15, 0.2) is 0 Å². The molecule has 188 valence electrons. The molecule has 2 N–H and O–H groups in total. The van der Waals surface area contributed by atoms with Crippen molar-refractivity contribution in [1.82, 2.24) is 0 Å². The summed E-state index contributed by atoms with van der Waals surface area (Å²) < 4.78 is 108. The van der Waals surface area contributed by atoms with Gasteiger partial charge in [-0.05, 0) is 12.1 Å². The predicted octanol–water partition coefficient (Wildman–Crippen LogP) is 6.07. The van der Waals surface area contributed by atoms with Gasteiger partial charge in [0.2, 0.25) is 5.82 Å². The zero-order valence-electron chi connectivity index (χ0n) is 16.3. The van der Waals surface area contributed by atoms with Crippen LogP contribution in [0.4, 0.5) is 46.5 Å². The number of nitrogens with zero attached hydrogens (tertiary/aromatic N) is 1. The number of hydrogen-bond acceptors (Lipinski definition) is 5. The molecule has 0 saturated carbocycles. The summed E-state index contributed by atoms with van der Waals surface area (Å²) in [7, 11) is 0. The predicted molar refractivity (Wildman–Crippen MR) is 104 cm³/mol. The number of aliphatic hydroxyl groups excluding tert-OH is 1. The number of nitro benzene ring substituents is 1. The van der Waals surface area contributed by atoms with E-state index in [1.807, 2.05) is 0 Å². The summed E-state index contributed by atoms with van der Waals surface area (Å²) in [6, 6.07) is 2.60. The smallest absolute Gasteiger partial charge is 0.428 e. The minimum absolute atomic E-state index is 0.172. The number of benzene rings is 2. The Bertz CT molecular complexity index is 1070. The number of rotatable bonds is 9.